The minimum atomic E-state index is -0.0698. The zero-order valence-corrected chi connectivity index (χ0v) is 13.0. The lowest BCUT2D eigenvalue weighted by Crippen LogP contribution is -2.29. The van der Waals surface area contributed by atoms with Crippen LogP contribution in [0.2, 0.25) is 0 Å². The number of carbonyl (C=O) groups is 2. The van der Waals surface area contributed by atoms with E-state index in [0.29, 0.717) is 19.5 Å². The molecule has 0 fully saturated rings. The lowest BCUT2D eigenvalue weighted by atomic mass is 10.1. The highest BCUT2D eigenvalue weighted by atomic mass is 16.2. The monoisotopic (exact) mass is 291 g/mol. The van der Waals surface area contributed by atoms with E-state index in [-0.39, 0.29) is 23.7 Å². The van der Waals surface area contributed by atoms with E-state index in [1.165, 1.54) is 0 Å². The van der Waals surface area contributed by atoms with E-state index in [1.807, 2.05) is 45.0 Å². The van der Waals surface area contributed by atoms with Crippen molar-refractivity contribution >= 4 is 17.5 Å². The molecule has 21 heavy (non-hydrogen) atoms. The van der Waals surface area contributed by atoms with E-state index in [1.54, 1.807) is 0 Å². The summed E-state index contributed by atoms with van der Waals surface area (Å²) in [5.41, 5.74) is 7.19. The number of hydrogen-bond donors (Lipinski definition) is 3. The molecule has 0 saturated heterocycles. The van der Waals surface area contributed by atoms with E-state index in [0.717, 1.165) is 11.3 Å². The van der Waals surface area contributed by atoms with E-state index in [2.05, 4.69) is 10.6 Å². The third kappa shape index (κ3) is 5.95. The van der Waals surface area contributed by atoms with Crippen molar-refractivity contribution in [3.63, 3.8) is 0 Å². The summed E-state index contributed by atoms with van der Waals surface area (Å²) in [5, 5.41) is 5.71. The van der Waals surface area contributed by atoms with Crippen molar-refractivity contribution in [2.45, 2.75) is 33.7 Å². The number of amides is 2. The second kappa shape index (κ2) is 8.42. The van der Waals surface area contributed by atoms with Crippen LogP contribution in [-0.4, -0.2) is 18.4 Å². The van der Waals surface area contributed by atoms with Crippen LogP contribution in [0.15, 0.2) is 24.3 Å². The Kier molecular flexibility index (Phi) is 6.88. The van der Waals surface area contributed by atoms with Gasteiger partial charge >= 0.3 is 0 Å². The zero-order chi connectivity index (χ0) is 15.8. The van der Waals surface area contributed by atoms with Gasteiger partial charge in [0.2, 0.25) is 11.8 Å². The van der Waals surface area contributed by atoms with Gasteiger partial charge in [-0.1, -0.05) is 32.9 Å². The Labute approximate surface area is 126 Å². The van der Waals surface area contributed by atoms with Crippen LogP contribution in [0.5, 0.6) is 0 Å². The van der Waals surface area contributed by atoms with E-state index in [4.69, 9.17) is 5.73 Å². The van der Waals surface area contributed by atoms with Gasteiger partial charge in [0.05, 0.1) is 0 Å². The Morgan fingerprint density at radius 1 is 1.10 bits per heavy atom. The van der Waals surface area contributed by atoms with Crippen molar-refractivity contribution in [1.29, 1.82) is 0 Å². The minimum Gasteiger partial charge on any atom is -0.352 e. The summed E-state index contributed by atoms with van der Waals surface area (Å²) in [6.07, 6.45) is 0.687. The fourth-order valence-electron chi connectivity index (χ4n) is 1.74. The van der Waals surface area contributed by atoms with Gasteiger partial charge in [-0.15, -0.1) is 0 Å². The summed E-state index contributed by atoms with van der Waals surface area (Å²) >= 11 is 0. The summed E-state index contributed by atoms with van der Waals surface area (Å²) in [5.74, 6) is -0.114. The highest BCUT2D eigenvalue weighted by molar-refractivity contribution is 5.92. The first-order valence-corrected chi connectivity index (χ1v) is 7.31. The van der Waals surface area contributed by atoms with Gasteiger partial charge in [0.25, 0.3) is 0 Å². The fraction of sp³-hybridized carbons (Fsp3) is 0.500. The third-order valence-electron chi connectivity index (χ3n) is 3.26. The molecule has 0 radical (unpaired) electrons. The van der Waals surface area contributed by atoms with Crippen LogP contribution >= 0.6 is 0 Å². The molecule has 0 bridgehead atoms. The van der Waals surface area contributed by atoms with Crippen LogP contribution in [0.3, 0.4) is 0 Å². The number of benzene rings is 1. The van der Waals surface area contributed by atoms with Gasteiger partial charge < -0.3 is 16.4 Å². The number of rotatable bonds is 7. The maximum Gasteiger partial charge on any atom is 0.226 e. The van der Waals surface area contributed by atoms with Gasteiger partial charge in [0.1, 0.15) is 0 Å². The molecule has 0 spiro atoms. The molecule has 0 aliphatic carbocycles. The molecule has 0 heterocycles. The van der Waals surface area contributed by atoms with Crippen molar-refractivity contribution in [3.8, 4) is 0 Å². The van der Waals surface area contributed by atoms with Gasteiger partial charge in [0.15, 0.2) is 0 Å². The van der Waals surface area contributed by atoms with E-state index < -0.39 is 0 Å². The molecule has 0 aliphatic rings. The van der Waals surface area contributed by atoms with Crippen LogP contribution in [0.25, 0.3) is 0 Å². The predicted octanol–water partition coefficient (Wildman–Crippen LogP) is 1.88. The number of nitrogens with two attached hydrogens (primary N) is 1. The highest BCUT2D eigenvalue weighted by Crippen LogP contribution is 2.11. The Bertz CT molecular complexity index is 469. The van der Waals surface area contributed by atoms with Crippen LogP contribution < -0.4 is 16.4 Å². The summed E-state index contributed by atoms with van der Waals surface area (Å²) in [4.78, 5) is 23.3. The molecule has 0 aromatic heterocycles. The number of anilines is 1. The standard InChI is InChI=1S/C16H25N3O2/c1-11(2)15(20)19-14-6-4-13(5-7-14)10-18-16(21)12(3)8-9-17/h4-7,11-12H,8-10,17H2,1-3H3,(H,18,21)(H,19,20). The average molecular weight is 291 g/mol. The Morgan fingerprint density at radius 3 is 2.24 bits per heavy atom. The quantitative estimate of drug-likeness (QED) is 0.717. The van der Waals surface area contributed by atoms with E-state index in [9.17, 15) is 9.59 Å². The zero-order valence-electron chi connectivity index (χ0n) is 13.0. The topological polar surface area (TPSA) is 84.2 Å². The molecule has 5 nitrogen and oxygen atoms in total. The summed E-state index contributed by atoms with van der Waals surface area (Å²) in [6.45, 7) is 6.56. The smallest absolute Gasteiger partial charge is 0.226 e. The summed E-state index contributed by atoms with van der Waals surface area (Å²) in [7, 11) is 0. The normalized spacial score (nSPS) is 12.0. The molecule has 2 amide bonds. The van der Waals surface area contributed by atoms with E-state index >= 15 is 0 Å². The number of nitrogens with one attached hydrogen (secondary N) is 2. The van der Waals surface area contributed by atoms with Crippen molar-refractivity contribution < 1.29 is 9.59 Å². The first-order chi connectivity index (χ1) is 9.93. The Balaban J connectivity index is 2.48. The maximum absolute atomic E-state index is 11.8. The largest absolute Gasteiger partial charge is 0.352 e. The third-order valence-corrected chi connectivity index (χ3v) is 3.26. The minimum absolute atomic E-state index is 0.00772. The second-order valence-electron chi connectivity index (χ2n) is 5.54. The van der Waals surface area contributed by atoms with Crippen LogP contribution in [0, 0.1) is 11.8 Å². The first kappa shape index (κ1) is 17.2. The maximum atomic E-state index is 11.8. The molecular formula is C16H25N3O2. The molecular weight excluding hydrogens is 266 g/mol. The van der Waals surface area contributed by atoms with Crippen molar-refractivity contribution in [2.75, 3.05) is 11.9 Å². The Hall–Kier alpha value is -1.88. The molecule has 116 valence electrons. The van der Waals surface area contributed by atoms with Gasteiger partial charge in [0, 0.05) is 24.1 Å². The Morgan fingerprint density at radius 2 is 1.71 bits per heavy atom. The summed E-state index contributed by atoms with van der Waals surface area (Å²) < 4.78 is 0. The molecule has 1 aromatic carbocycles. The first-order valence-electron chi connectivity index (χ1n) is 7.31. The van der Waals surface area contributed by atoms with Crippen molar-refractivity contribution in [1.82, 2.24) is 5.32 Å². The molecule has 5 heteroatoms. The van der Waals surface area contributed by atoms with Gasteiger partial charge in [-0.25, -0.2) is 0 Å². The highest BCUT2D eigenvalue weighted by Gasteiger charge is 2.11. The molecule has 1 aromatic rings. The summed E-state index contributed by atoms with van der Waals surface area (Å²) in [6, 6.07) is 7.46. The van der Waals surface area contributed by atoms with Gasteiger partial charge in [-0.05, 0) is 30.7 Å². The lowest BCUT2D eigenvalue weighted by Gasteiger charge is -2.12. The average Bonchev–Trinajstić information content (AvgIpc) is 2.46. The molecule has 0 saturated carbocycles. The molecule has 1 rings (SSSR count). The lowest BCUT2D eigenvalue weighted by molar-refractivity contribution is -0.124. The molecule has 1 unspecified atom stereocenters. The molecule has 0 aliphatic heterocycles. The number of carbonyl (C=O) groups excluding carboxylic acids is 2. The van der Waals surface area contributed by atoms with Crippen LogP contribution in [-0.2, 0) is 16.1 Å². The van der Waals surface area contributed by atoms with Gasteiger partial charge in [-0.3, -0.25) is 9.59 Å². The predicted molar refractivity (Wildman–Crippen MR) is 84.6 cm³/mol. The van der Waals surface area contributed by atoms with Crippen molar-refractivity contribution in [3.05, 3.63) is 29.8 Å². The van der Waals surface area contributed by atoms with Crippen LogP contribution in [0.1, 0.15) is 32.8 Å². The molecule has 4 N–H and O–H groups in total. The fourth-order valence-corrected chi connectivity index (χ4v) is 1.74. The van der Waals surface area contributed by atoms with Crippen LogP contribution in [0.4, 0.5) is 5.69 Å². The van der Waals surface area contributed by atoms with Crippen molar-refractivity contribution in [2.24, 2.45) is 17.6 Å². The molecule has 1 atom stereocenters. The number of hydrogen-bond acceptors (Lipinski definition) is 3. The van der Waals surface area contributed by atoms with Gasteiger partial charge in [-0.2, -0.15) is 0 Å². The SMILES string of the molecule is CC(C)C(=O)Nc1ccc(CNC(=O)C(C)CCN)cc1. The second-order valence-corrected chi connectivity index (χ2v) is 5.54.